The second-order valence-electron chi connectivity index (χ2n) is 4.97. The molecule has 6 nitrogen and oxygen atoms in total. The molecular formula is C12H15ClN2O4S. The van der Waals surface area contributed by atoms with Crippen molar-refractivity contribution in [1.29, 1.82) is 0 Å². The highest BCUT2D eigenvalue weighted by molar-refractivity contribution is 7.89. The Balaban J connectivity index is 2.24. The van der Waals surface area contributed by atoms with Crippen molar-refractivity contribution in [2.24, 2.45) is 5.92 Å². The third-order valence-electron chi connectivity index (χ3n) is 3.62. The highest BCUT2D eigenvalue weighted by Gasteiger charge is 2.28. The average molecular weight is 319 g/mol. The summed E-state index contributed by atoms with van der Waals surface area (Å²) < 4.78 is 27.0. The van der Waals surface area contributed by atoms with Crippen molar-refractivity contribution in [1.82, 2.24) is 4.72 Å². The molecule has 1 aliphatic rings. The minimum Gasteiger partial charge on any atom is -0.258 e. The highest BCUT2D eigenvalue weighted by atomic mass is 35.5. The Morgan fingerprint density at radius 3 is 2.60 bits per heavy atom. The van der Waals surface area contributed by atoms with Gasteiger partial charge in [-0.25, -0.2) is 13.1 Å². The summed E-state index contributed by atoms with van der Waals surface area (Å²) in [6, 6.07) is 3.30. The van der Waals surface area contributed by atoms with Crippen LogP contribution >= 0.6 is 11.6 Å². The van der Waals surface area contributed by atoms with Crippen LogP contribution in [-0.4, -0.2) is 19.4 Å². The molecule has 0 aromatic heterocycles. The van der Waals surface area contributed by atoms with E-state index in [1.54, 1.807) is 0 Å². The molecule has 0 radical (unpaired) electrons. The van der Waals surface area contributed by atoms with Gasteiger partial charge >= 0.3 is 0 Å². The highest BCUT2D eigenvalue weighted by Crippen LogP contribution is 2.31. The third kappa shape index (κ3) is 3.11. The maximum absolute atomic E-state index is 12.2. The van der Waals surface area contributed by atoms with E-state index in [1.807, 2.05) is 6.92 Å². The lowest BCUT2D eigenvalue weighted by atomic mass is 9.81. The monoisotopic (exact) mass is 318 g/mol. The summed E-state index contributed by atoms with van der Waals surface area (Å²) in [4.78, 5) is 9.96. The van der Waals surface area contributed by atoms with E-state index in [9.17, 15) is 18.5 Å². The Morgan fingerprint density at radius 2 is 2.10 bits per heavy atom. The number of benzene rings is 1. The van der Waals surface area contributed by atoms with E-state index < -0.39 is 20.6 Å². The number of rotatable bonds is 5. The molecule has 1 atom stereocenters. The fraction of sp³-hybridized carbons (Fsp3) is 0.500. The fourth-order valence-corrected chi connectivity index (χ4v) is 3.67. The van der Waals surface area contributed by atoms with Crippen LogP contribution in [0.1, 0.15) is 26.2 Å². The summed E-state index contributed by atoms with van der Waals surface area (Å²) >= 11 is 5.67. The van der Waals surface area contributed by atoms with E-state index in [0.29, 0.717) is 5.92 Å². The molecule has 0 spiro atoms. The number of halogens is 1. The molecule has 1 aromatic carbocycles. The number of hydrogen-bond acceptors (Lipinski definition) is 4. The second kappa shape index (κ2) is 5.67. The van der Waals surface area contributed by atoms with E-state index in [2.05, 4.69) is 4.72 Å². The zero-order chi connectivity index (χ0) is 14.9. The van der Waals surface area contributed by atoms with Gasteiger partial charge < -0.3 is 0 Å². The van der Waals surface area contributed by atoms with Gasteiger partial charge in [0.25, 0.3) is 5.69 Å². The first-order valence-electron chi connectivity index (χ1n) is 6.27. The summed E-state index contributed by atoms with van der Waals surface area (Å²) in [5, 5.41) is 10.7. The van der Waals surface area contributed by atoms with Gasteiger partial charge in [-0.15, -0.1) is 0 Å². The predicted molar refractivity (Wildman–Crippen MR) is 75.2 cm³/mol. The van der Waals surface area contributed by atoms with Gasteiger partial charge in [0, 0.05) is 12.1 Å². The second-order valence-corrected chi connectivity index (χ2v) is 7.09. The molecule has 110 valence electrons. The molecule has 1 fully saturated rings. The molecule has 8 heteroatoms. The van der Waals surface area contributed by atoms with Gasteiger partial charge in [-0.05, 0) is 37.8 Å². The molecule has 0 aliphatic heterocycles. The maximum Gasteiger partial charge on any atom is 0.289 e. The summed E-state index contributed by atoms with van der Waals surface area (Å²) in [5.41, 5.74) is -0.411. The van der Waals surface area contributed by atoms with Crippen LogP contribution < -0.4 is 4.72 Å². The van der Waals surface area contributed by atoms with Gasteiger partial charge in [0.1, 0.15) is 5.02 Å². The SMILES string of the molecule is CC(NS(=O)(=O)c1ccc(Cl)c([N+](=O)[O-])c1)C1CCC1. The molecule has 20 heavy (non-hydrogen) atoms. The van der Waals surface area contributed by atoms with E-state index in [1.165, 1.54) is 12.1 Å². The average Bonchev–Trinajstić information content (AvgIpc) is 2.25. The topological polar surface area (TPSA) is 89.3 Å². The van der Waals surface area contributed by atoms with Crippen LogP contribution in [0.5, 0.6) is 0 Å². The van der Waals surface area contributed by atoms with Crippen LogP contribution in [-0.2, 0) is 10.0 Å². The molecule has 0 bridgehead atoms. The first-order valence-corrected chi connectivity index (χ1v) is 8.13. The smallest absolute Gasteiger partial charge is 0.258 e. The molecule has 1 unspecified atom stereocenters. The molecule has 1 aromatic rings. The minimum atomic E-state index is -3.77. The summed E-state index contributed by atoms with van der Waals surface area (Å²) in [6.45, 7) is 1.81. The van der Waals surface area contributed by atoms with E-state index >= 15 is 0 Å². The minimum absolute atomic E-state index is 0.0824. The van der Waals surface area contributed by atoms with Crippen molar-refractivity contribution in [3.8, 4) is 0 Å². The van der Waals surface area contributed by atoms with Crippen molar-refractivity contribution in [3.63, 3.8) is 0 Å². The van der Waals surface area contributed by atoms with Gasteiger partial charge in [0.05, 0.1) is 9.82 Å². The van der Waals surface area contributed by atoms with Crippen molar-refractivity contribution < 1.29 is 13.3 Å². The maximum atomic E-state index is 12.2. The summed E-state index contributed by atoms with van der Waals surface area (Å²) in [5.74, 6) is 0.340. The normalized spacial score (nSPS) is 17.5. The Hall–Kier alpha value is -1.18. The van der Waals surface area contributed by atoms with Crippen molar-refractivity contribution in [3.05, 3.63) is 33.3 Å². The molecule has 0 amide bonds. The number of nitrogens with zero attached hydrogens (tertiary/aromatic N) is 1. The quantitative estimate of drug-likeness (QED) is 0.667. The van der Waals surface area contributed by atoms with Crippen LogP contribution in [0, 0.1) is 16.0 Å². The van der Waals surface area contributed by atoms with Gasteiger partial charge in [-0.3, -0.25) is 10.1 Å². The number of nitro groups is 1. The molecule has 2 rings (SSSR count). The Labute approximate surface area is 122 Å². The zero-order valence-corrected chi connectivity index (χ0v) is 12.4. The number of nitrogens with one attached hydrogen (secondary N) is 1. The molecule has 1 aliphatic carbocycles. The van der Waals surface area contributed by atoms with E-state index in [0.717, 1.165) is 25.3 Å². The van der Waals surface area contributed by atoms with Gasteiger partial charge in [0.2, 0.25) is 10.0 Å². The number of hydrogen-bond donors (Lipinski definition) is 1. The van der Waals surface area contributed by atoms with Crippen LogP contribution in [0.4, 0.5) is 5.69 Å². The van der Waals surface area contributed by atoms with Crippen molar-refractivity contribution >= 4 is 27.3 Å². The predicted octanol–water partition coefficient (Wildman–Crippen LogP) is 2.72. The standard InChI is InChI=1S/C12H15ClN2O4S/c1-8(9-3-2-4-9)14-20(18,19)10-5-6-11(13)12(7-10)15(16)17/h5-9,14H,2-4H2,1H3. The van der Waals surface area contributed by atoms with Crippen LogP contribution in [0.3, 0.4) is 0 Å². The zero-order valence-electron chi connectivity index (χ0n) is 10.9. The lowest BCUT2D eigenvalue weighted by molar-refractivity contribution is -0.384. The third-order valence-corrected chi connectivity index (χ3v) is 5.50. The van der Waals surface area contributed by atoms with Crippen molar-refractivity contribution in [2.75, 3.05) is 0 Å². The van der Waals surface area contributed by atoms with Crippen molar-refractivity contribution in [2.45, 2.75) is 37.1 Å². The number of sulfonamides is 1. The Bertz CT molecular complexity index is 628. The van der Waals surface area contributed by atoms with Gasteiger partial charge in [-0.2, -0.15) is 0 Å². The van der Waals surface area contributed by atoms with E-state index in [4.69, 9.17) is 11.6 Å². The molecular weight excluding hydrogens is 304 g/mol. The number of nitro benzene ring substituents is 1. The molecule has 0 saturated heterocycles. The van der Waals surface area contributed by atoms with Gasteiger partial charge in [0.15, 0.2) is 0 Å². The van der Waals surface area contributed by atoms with E-state index in [-0.39, 0.29) is 16.0 Å². The summed E-state index contributed by atoms with van der Waals surface area (Å²) in [7, 11) is -3.77. The first-order chi connectivity index (χ1) is 9.31. The van der Waals surface area contributed by atoms with Gasteiger partial charge in [-0.1, -0.05) is 18.0 Å². The van der Waals surface area contributed by atoms with Crippen LogP contribution in [0.15, 0.2) is 23.1 Å². The van der Waals surface area contributed by atoms with Crippen LogP contribution in [0.2, 0.25) is 5.02 Å². The largest absolute Gasteiger partial charge is 0.289 e. The molecule has 1 saturated carbocycles. The van der Waals surface area contributed by atoms with Crippen LogP contribution in [0.25, 0.3) is 0 Å². The molecule has 0 heterocycles. The Morgan fingerprint density at radius 1 is 1.45 bits per heavy atom. The molecule has 1 N–H and O–H groups in total. The Kier molecular flexibility index (Phi) is 4.31. The first kappa shape index (κ1) is 15.2. The fourth-order valence-electron chi connectivity index (χ4n) is 2.15. The lowest BCUT2D eigenvalue weighted by Gasteiger charge is -2.31. The lowest BCUT2D eigenvalue weighted by Crippen LogP contribution is -2.40. The summed E-state index contributed by atoms with van der Waals surface area (Å²) in [6.07, 6.45) is 3.12.